The van der Waals surface area contributed by atoms with Crippen LogP contribution in [0.3, 0.4) is 0 Å². The zero-order valence-electron chi connectivity index (χ0n) is 24.9. The number of rotatable bonds is 11. The van der Waals surface area contributed by atoms with Crippen molar-refractivity contribution in [3.05, 3.63) is 82.9 Å². The van der Waals surface area contributed by atoms with Crippen molar-refractivity contribution >= 4 is 34.2 Å². The number of carbonyl (C=O) groups is 2. The fraction of sp³-hybridized carbons (Fsp3) is 0.486. The van der Waals surface area contributed by atoms with Gasteiger partial charge in [0.15, 0.2) is 0 Å². The van der Waals surface area contributed by atoms with E-state index in [0.29, 0.717) is 29.6 Å². The summed E-state index contributed by atoms with van der Waals surface area (Å²) in [5.41, 5.74) is 1.91. The van der Waals surface area contributed by atoms with Gasteiger partial charge in [-0.05, 0) is 98.8 Å². The molecule has 3 atom stereocenters. The number of likely N-dealkylation sites (tertiary alicyclic amines) is 1. The average molecular weight is 589 g/mol. The molecule has 6 nitrogen and oxygen atoms in total. The van der Waals surface area contributed by atoms with Gasteiger partial charge in [-0.3, -0.25) is 9.59 Å². The maximum absolute atomic E-state index is 13.9. The van der Waals surface area contributed by atoms with Crippen LogP contribution in [0.15, 0.2) is 66.7 Å². The molecule has 0 unspecified atom stereocenters. The first-order valence-corrected chi connectivity index (χ1v) is 16.2. The minimum atomic E-state index is -0.238. The molecule has 42 heavy (non-hydrogen) atoms. The van der Waals surface area contributed by atoms with Crippen molar-refractivity contribution < 1.29 is 9.59 Å². The van der Waals surface area contributed by atoms with Crippen LogP contribution in [0.1, 0.15) is 73.7 Å². The third kappa shape index (κ3) is 8.12. The Morgan fingerprint density at radius 2 is 1.76 bits per heavy atom. The molecular formula is C35H45ClN4O2. The van der Waals surface area contributed by atoms with Gasteiger partial charge in [0.25, 0.3) is 5.91 Å². The summed E-state index contributed by atoms with van der Waals surface area (Å²) < 4.78 is 0. The van der Waals surface area contributed by atoms with Gasteiger partial charge in [-0.15, -0.1) is 0 Å². The summed E-state index contributed by atoms with van der Waals surface area (Å²) >= 11 is 6.12. The predicted molar refractivity (Wildman–Crippen MR) is 172 cm³/mol. The second-order valence-electron chi connectivity index (χ2n) is 12.0. The predicted octanol–water partition coefficient (Wildman–Crippen LogP) is 6.24. The van der Waals surface area contributed by atoms with Crippen LogP contribution in [0.25, 0.3) is 10.8 Å². The third-order valence-electron chi connectivity index (χ3n) is 8.99. The van der Waals surface area contributed by atoms with Gasteiger partial charge in [0, 0.05) is 42.2 Å². The molecule has 2 heterocycles. The highest BCUT2D eigenvalue weighted by atomic mass is 35.5. The minimum Gasteiger partial charge on any atom is -0.350 e. The number of benzene rings is 3. The lowest BCUT2D eigenvalue weighted by Gasteiger charge is -2.30. The Kier molecular flexibility index (Phi) is 10.9. The highest BCUT2D eigenvalue weighted by Gasteiger charge is 2.32. The number of nitrogens with zero attached hydrogens (tertiary/aromatic N) is 2. The van der Waals surface area contributed by atoms with Crippen LogP contribution in [0, 0.1) is 0 Å². The Bertz CT molecular complexity index is 1330. The van der Waals surface area contributed by atoms with Crippen molar-refractivity contribution in [2.45, 2.75) is 69.9 Å². The molecule has 2 fully saturated rings. The Balaban J connectivity index is 1.24. The summed E-state index contributed by atoms with van der Waals surface area (Å²) in [4.78, 5) is 31.7. The van der Waals surface area contributed by atoms with Crippen molar-refractivity contribution in [1.82, 2.24) is 20.4 Å². The number of carbonyl (C=O) groups excluding carboxylic acids is 2. The number of hydrogen-bond acceptors (Lipinski definition) is 4. The Morgan fingerprint density at radius 1 is 1.00 bits per heavy atom. The van der Waals surface area contributed by atoms with Crippen LogP contribution < -0.4 is 10.6 Å². The molecule has 2 aliphatic heterocycles. The van der Waals surface area contributed by atoms with Crippen LogP contribution in [0.4, 0.5) is 0 Å². The Morgan fingerprint density at radius 3 is 2.55 bits per heavy atom. The summed E-state index contributed by atoms with van der Waals surface area (Å²) in [5.74, 6) is 0.408. The van der Waals surface area contributed by atoms with Gasteiger partial charge < -0.3 is 20.4 Å². The lowest BCUT2D eigenvalue weighted by molar-refractivity contribution is -0.133. The molecule has 5 rings (SSSR count). The number of hydrogen-bond donors (Lipinski definition) is 2. The molecule has 7 heteroatoms. The second kappa shape index (κ2) is 15.0. The molecule has 0 saturated carbocycles. The van der Waals surface area contributed by atoms with Gasteiger partial charge in [0.05, 0.1) is 6.04 Å². The van der Waals surface area contributed by atoms with E-state index in [1.54, 1.807) is 0 Å². The van der Waals surface area contributed by atoms with E-state index < -0.39 is 0 Å². The van der Waals surface area contributed by atoms with Crippen LogP contribution in [0.2, 0.25) is 5.02 Å². The highest BCUT2D eigenvalue weighted by molar-refractivity contribution is 6.31. The first-order valence-electron chi connectivity index (χ1n) is 15.8. The first kappa shape index (κ1) is 30.5. The monoisotopic (exact) mass is 588 g/mol. The van der Waals surface area contributed by atoms with Crippen LogP contribution in [-0.4, -0.2) is 73.0 Å². The highest BCUT2D eigenvalue weighted by Crippen LogP contribution is 2.24. The standard InChI is InChI=1S/C35H45ClN4O2/c1-2-26(27-10-5-3-6-11-27)25-40-21-17-32(38-33(35(40)42)12-9-20-39-18-7-4-8-19-39)24-37-34(41)30-14-13-29-23-31(36)16-15-28(29)22-30/h3,5-6,10-11,13-16,22-23,26,32-33,38H,2,4,7-9,12,17-21,24-25H2,1H3,(H,37,41)/t26-,32+,33+/m0/s1. The molecule has 3 aromatic carbocycles. The van der Waals surface area contributed by atoms with E-state index in [-0.39, 0.29) is 23.9 Å². The normalized spacial score (nSPS) is 20.8. The summed E-state index contributed by atoms with van der Waals surface area (Å²) in [6.07, 6.45) is 7.47. The summed E-state index contributed by atoms with van der Waals surface area (Å²) in [6, 6.07) is 21.7. The zero-order valence-corrected chi connectivity index (χ0v) is 25.6. The molecule has 2 saturated heterocycles. The average Bonchev–Trinajstić information content (AvgIpc) is 3.17. The lowest BCUT2D eigenvalue weighted by atomic mass is 9.95. The third-order valence-corrected chi connectivity index (χ3v) is 9.22. The minimum absolute atomic E-state index is 0.0268. The topological polar surface area (TPSA) is 64.7 Å². The fourth-order valence-corrected chi connectivity index (χ4v) is 6.65. The van der Waals surface area contributed by atoms with E-state index in [0.717, 1.165) is 49.5 Å². The summed E-state index contributed by atoms with van der Waals surface area (Å²) in [7, 11) is 0. The Hall–Kier alpha value is -2.93. The number of amides is 2. The molecule has 2 N–H and O–H groups in total. The zero-order chi connectivity index (χ0) is 29.3. The molecule has 2 aliphatic rings. The van der Waals surface area contributed by atoms with Gasteiger partial charge in [0.1, 0.15) is 0 Å². The fourth-order valence-electron chi connectivity index (χ4n) is 6.47. The van der Waals surface area contributed by atoms with Crippen molar-refractivity contribution in [3.63, 3.8) is 0 Å². The molecule has 0 radical (unpaired) electrons. The smallest absolute Gasteiger partial charge is 0.251 e. The van der Waals surface area contributed by atoms with Crippen molar-refractivity contribution in [2.75, 3.05) is 39.3 Å². The van der Waals surface area contributed by atoms with E-state index in [4.69, 9.17) is 11.6 Å². The maximum Gasteiger partial charge on any atom is 0.251 e. The summed E-state index contributed by atoms with van der Waals surface area (Å²) in [6.45, 7) is 7.49. The van der Waals surface area contributed by atoms with Gasteiger partial charge in [-0.1, -0.05) is 67.4 Å². The van der Waals surface area contributed by atoms with Crippen molar-refractivity contribution in [1.29, 1.82) is 0 Å². The molecular weight excluding hydrogens is 544 g/mol. The molecule has 224 valence electrons. The largest absolute Gasteiger partial charge is 0.350 e. The number of fused-ring (bicyclic) bond motifs is 1. The quantitative estimate of drug-likeness (QED) is 0.278. The number of nitrogens with one attached hydrogen (secondary N) is 2. The Labute approximate surface area is 255 Å². The molecule has 0 bridgehead atoms. The SMILES string of the molecule is CC[C@@H](CN1CC[C@H](CNC(=O)c2ccc3cc(Cl)ccc3c2)N[C@H](CCCN2CCCCC2)C1=O)c1ccccc1. The van der Waals surface area contributed by atoms with Gasteiger partial charge >= 0.3 is 0 Å². The van der Waals surface area contributed by atoms with E-state index in [2.05, 4.69) is 51.6 Å². The van der Waals surface area contributed by atoms with Gasteiger partial charge in [0.2, 0.25) is 5.91 Å². The van der Waals surface area contributed by atoms with Gasteiger partial charge in [-0.25, -0.2) is 0 Å². The number of halogens is 1. The second-order valence-corrected chi connectivity index (χ2v) is 12.4. The molecule has 0 aromatic heterocycles. The van der Waals surface area contributed by atoms with E-state index in [1.807, 2.05) is 42.5 Å². The summed E-state index contributed by atoms with van der Waals surface area (Å²) in [5, 5.41) is 9.49. The van der Waals surface area contributed by atoms with Crippen molar-refractivity contribution in [3.8, 4) is 0 Å². The van der Waals surface area contributed by atoms with Gasteiger partial charge in [-0.2, -0.15) is 0 Å². The molecule has 0 spiro atoms. The molecule has 2 amide bonds. The molecule has 3 aromatic rings. The van der Waals surface area contributed by atoms with E-state index >= 15 is 0 Å². The van der Waals surface area contributed by atoms with Crippen LogP contribution in [0.5, 0.6) is 0 Å². The van der Waals surface area contributed by atoms with Crippen LogP contribution in [-0.2, 0) is 4.79 Å². The first-order chi connectivity index (χ1) is 20.5. The lowest BCUT2D eigenvalue weighted by Crippen LogP contribution is -2.49. The maximum atomic E-state index is 13.9. The van der Waals surface area contributed by atoms with Crippen molar-refractivity contribution in [2.24, 2.45) is 0 Å². The molecule has 0 aliphatic carbocycles. The van der Waals surface area contributed by atoms with E-state index in [9.17, 15) is 9.59 Å². The van der Waals surface area contributed by atoms with E-state index in [1.165, 1.54) is 37.9 Å². The van der Waals surface area contributed by atoms with Crippen LogP contribution >= 0.6 is 11.6 Å². The number of piperidine rings is 1.